The summed E-state index contributed by atoms with van der Waals surface area (Å²) in [4.78, 5) is 14.4. The van der Waals surface area contributed by atoms with Crippen LogP contribution in [0.15, 0.2) is 29.4 Å². The lowest BCUT2D eigenvalue weighted by atomic mass is 10.0. The van der Waals surface area contributed by atoms with E-state index in [0.29, 0.717) is 11.3 Å². The number of anilines is 1. The Kier molecular flexibility index (Phi) is 5.31. The van der Waals surface area contributed by atoms with E-state index in [1.165, 1.54) is 6.42 Å². The first-order valence-electron chi connectivity index (χ1n) is 7.52. The lowest BCUT2D eigenvalue weighted by Gasteiger charge is -2.33. The van der Waals surface area contributed by atoms with Gasteiger partial charge in [0.25, 0.3) is 5.91 Å². The van der Waals surface area contributed by atoms with Gasteiger partial charge in [0.15, 0.2) is 5.84 Å². The maximum absolute atomic E-state index is 12.5. The first kappa shape index (κ1) is 16.5. The van der Waals surface area contributed by atoms with Crippen molar-refractivity contribution in [3.63, 3.8) is 0 Å². The summed E-state index contributed by atoms with van der Waals surface area (Å²) < 4.78 is 0. The first-order valence-corrected chi connectivity index (χ1v) is 7.52. The van der Waals surface area contributed by atoms with Crippen LogP contribution in [0.5, 0.6) is 0 Å². The van der Waals surface area contributed by atoms with Crippen molar-refractivity contribution in [3.8, 4) is 6.07 Å². The highest BCUT2D eigenvalue weighted by atomic mass is 16.2. The number of nitrogens with two attached hydrogens (primary N) is 1. The van der Waals surface area contributed by atoms with Crippen molar-refractivity contribution in [2.24, 2.45) is 10.8 Å². The molecule has 1 aliphatic rings. The van der Waals surface area contributed by atoms with Gasteiger partial charge in [-0.25, -0.2) is 0 Å². The fourth-order valence-electron chi connectivity index (χ4n) is 2.52. The Labute approximate surface area is 135 Å². The highest BCUT2D eigenvalue weighted by Crippen LogP contribution is 2.20. The third-order valence-corrected chi connectivity index (χ3v) is 3.85. The van der Waals surface area contributed by atoms with Gasteiger partial charge in [0.05, 0.1) is 5.69 Å². The molecule has 0 saturated carbocycles. The van der Waals surface area contributed by atoms with Gasteiger partial charge in [0.2, 0.25) is 5.71 Å². The number of benzene rings is 1. The number of amides is 1. The maximum atomic E-state index is 12.5. The Hall–Kier alpha value is -2.88. The Morgan fingerprint density at radius 2 is 2.13 bits per heavy atom. The predicted molar refractivity (Wildman–Crippen MR) is 89.4 cm³/mol. The zero-order valence-electron chi connectivity index (χ0n) is 13.0. The molecular formula is C16H20N6O. The molecule has 1 aromatic rings. The van der Waals surface area contributed by atoms with Crippen molar-refractivity contribution >= 4 is 23.1 Å². The molecule has 0 spiro atoms. The molecule has 0 bridgehead atoms. The van der Waals surface area contributed by atoms with Crippen molar-refractivity contribution in [2.45, 2.75) is 32.2 Å². The summed E-state index contributed by atoms with van der Waals surface area (Å²) in [7, 11) is 0. The van der Waals surface area contributed by atoms with Crippen molar-refractivity contribution in [3.05, 3.63) is 29.8 Å². The molecule has 1 heterocycles. The number of carbonyl (C=O) groups excluding carboxylic acids is 1. The molecule has 1 fully saturated rings. The molecule has 120 valence electrons. The third kappa shape index (κ3) is 4.07. The van der Waals surface area contributed by atoms with Gasteiger partial charge in [0, 0.05) is 18.2 Å². The summed E-state index contributed by atoms with van der Waals surface area (Å²) in [6.07, 6.45) is 3.26. The third-order valence-electron chi connectivity index (χ3n) is 3.85. The van der Waals surface area contributed by atoms with E-state index >= 15 is 0 Å². The zero-order valence-corrected chi connectivity index (χ0v) is 13.0. The van der Waals surface area contributed by atoms with Crippen LogP contribution in [0.3, 0.4) is 0 Å². The molecule has 7 nitrogen and oxygen atoms in total. The summed E-state index contributed by atoms with van der Waals surface area (Å²) >= 11 is 0. The van der Waals surface area contributed by atoms with Crippen LogP contribution in [-0.2, 0) is 0 Å². The molecular weight excluding hydrogens is 292 g/mol. The molecule has 0 aliphatic carbocycles. The average Bonchev–Trinajstić information content (AvgIpc) is 2.55. The Bertz CT molecular complexity index is 658. The van der Waals surface area contributed by atoms with E-state index in [4.69, 9.17) is 16.4 Å². The number of hydrogen-bond donors (Lipinski definition) is 3. The second kappa shape index (κ2) is 7.40. The van der Waals surface area contributed by atoms with E-state index in [-0.39, 0.29) is 17.7 Å². The fourth-order valence-corrected chi connectivity index (χ4v) is 2.52. The molecule has 1 amide bonds. The molecule has 0 aromatic heterocycles. The molecule has 7 heteroatoms. The van der Waals surface area contributed by atoms with Gasteiger partial charge in [-0.2, -0.15) is 10.4 Å². The fraction of sp³-hybridized carbons (Fsp3) is 0.375. The standard InChI is InChI=1S/C16H20N6O/c1-11-4-2-3-9-22(11)16(23)12-5-7-13(8-6-12)20-21-14(10-17)15(18)19/h5-8,11,20H,2-4,9H2,1H3,(H3,18,19)/b21-14+. The van der Waals surface area contributed by atoms with Crippen LogP contribution in [0, 0.1) is 16.7 Å². The smallest absolute Gasteiger partial charge is 0.254 e. The normalized spacial score (nSPS) is 18.2. The van der Waals surface area contributed by atoms with E-state index in [0.717, 1.165) is 19.4 Å². The van der Waals surface area contributed by atoms with Gasteiger partial charge >= 0.3 is 0 Å². The summed E-state index contributed by atoms with van der Waals surface area (Å²) in [6, 6.07) is 8.86. The van der Waals surface area contributed by atoms with Crippen molar-refractivity contribution in [1.82, 2.24) is 4.90 Å². The second-order valence-electron chi connectivity index (χ2n) is 5.52. The van der Waals surface area contributed by atoms with Crippen LogP contribution < -0.4 is 11.2 Å². The van der Waals surface area contributed by atoms with E-state index in [1.807, 2.05) is 4.90 Å². The molecule has 1 unspecified atom stereocenters. The zero-order chi connectivity index (χ0) is 16.8. The molecule has 0 radical (unpaired) electrons. The van der Waals surface area contributed by atoms with Gasteiger partial charge in [-0.15, -0.1) is 0 Å². The van der Waals surface area contributed by atoms with Crippen LogP contribution in [0.1, 0.15) is 36.5 Å². The van der Waals surface area contributed by atoms with Crippen molar-refractivity contribution in [1.29, 1.82) is 10.7 Å². The van der Waals surface area contributed by atoms with Crippen LogP contribution in [0.2, 0.25) is 0 Å². The number of piperidine rings is 1. The highest BCUT2D eigenvalue weighted by molar-refractivity contribution is 6.45. The average molecular weight is 312 g/mol. The number of nitriles is 1. The van der Waals surface area contributed by atoms with Gasteiger partial charge in [-0.1, -0.05) is 0 Å². The highest BCUT2D eigenvalue weighted by Gasteiger charge is 2.23. The summed E-state index contributed by atoms with van der Waals surface area (Å²) in [6.45, 7) is 2.88. The number of nitrogens with one attached hydrogen (secondary N) is 2. The number of nitrogens with zero attached hydrogens (tertiary/aromatic N) is 3. The monoisotopic (exact) mass is 312 g/mol. The van der Waals surface area contributed by atoms with E-state index in [2.05, 4.69) is 17.5 Å². The van der Waals surface area contributed by atoms with Gasteiger partial charge in [-0.3, -0.25) is 15.6 Å². The minimum atomic E-state index is -0.397. The van der Waals surface area contributed by atoms with Gasteiger partial charge in [-0.05, 0) is 50.5 Å². The Balaban J connectivity index is 2.06. The Morgan fingerprint density at radius 1 is 1.43 bits per heavy atom. The van der Waals surface area contributed by atoms with Crippen molar-refractivity contribution < 1.29 is 4.79 Å². The lowest BCUT2D eigenvalue weighted by molar-refractivity contribution is 0.0635. The molecule has 2 rings (SSSR count). The molecule has 1 saturated heterocycles. The second-order valence-corrected chi connectivity index (χ2v) is 5.52. The topological polar surface area (TPSA) is 118 Å². The van der Waals surface area contributed by atoms with Crippen LogP contribution >= 0.6 is 0 Å². The predicted octanol–water partition coefficient (Wildman–Crippen LogP) is 1.93. The van der Waals surface area contributed by atoms with Crippen molar-refractivity contribution in [2.75, 3.05) is 12.0 Å². The first-order chi connectivity index (χ1) is 11.0. The quantitative estimate of drug-likeness (QED) is 0.447. The largest absolute Gasteiger partial charge is 0.382 e. The minimum Gasteiger partial charge on any atom is -0.382 e. The Morgan fingerprint density at radius 3 is 2.70 bits per heavy atom. The van der Waals surface area contributed by atoms with E-state index in [9.17, 15) is 4.79 Å². The SMILES string of the molecule is CC1CCCCN1C(=O)c1ccc(N/N=C(\C#N)C(=N)N)cc1. The number of carbonyl (C=O) groups is 1. The van der Waals surface area contributed by atoms with Crippen LogP contribution in [-0.4, -0.2) is 34.9 Å². The maximum Gasteiger partial charge on any atom is 0.254 e. The number of amidine groups is 1. The molecule has 1 aromatic carbocycles. The van der Waals surface area contributed by atoms with Gasteiger partial charge < -0.3 is 10.6 Å². The van der Waals surface area contributed by atoms with E-state index < -0.39 is 5.84 Å². The number of hydrogen-bond acceptors (Lipinski definition) is 5. The number of hydrazone groups is 1. The summed E-state index contributed by atoms with van der Waals surface area (Å²) in [5, 5.41) is 19.7. The molecule has 4 N–H and O–H groups in total. The molecule has 1 aliphatic heterocycles. The van der Waals surface area contributed by atoms with Crippen LogP contribution in [0.4, 0.5) is 5.69 Å². The number of likely N-dealkylation sites (tertiary alicyclic amines) is 1. The molecule has 23 heavy (non-hydrogen) atoms. The summed E-state index contributed by atoms with van der Waals surface area (Å²) in [5.74, 6) is -0.361. The lowest BCUT2D eigenvalue weighted by Crippen LogP contribution is -2.41. The number of rotatable bonds is 4. The van der Waals surface area contributed by atoms with E-state index in [1.54, 1.807) is 30.3 Å². The summed E-state index contributed by atoms with van der Waals surface area (Å²) in [5.41, 5.74) is 8.91. The van der Waals surface area contributed by atoms with Gasteiger partial charge in [0.1, 0.15) is 6.07 Å². The minimum absolute atomic E-state index is 0.0358. The molecule has 1 atom stereocenters. The van der Waals surface area contributed by atoms with Crippen LogP contribution in [0.25, 0.3) is 0 Å².